The molecule has 0 radical (unpaired) electrons. The summed E-state index contributed by atoms with van der Waals surface area (Å²) in [5, 5.41) is 11.3. The first-order valence-electron chi connectivity index (χ1n) is 14.4. The highest BCUT2D eigenvalue weighted by Gasteiger charge is 2.45. The van der Waals surface area contributed by atoms with E-state index in [2.05, 4.69) is 4.98 Å². The van der Waals surface area contributed by atoms with Crippen molar-refractivity contribution in [1.29, 1.82) is 0 Å². The van der Waals surface area contributed by atoms with Crippen LogP contribution in [0.5, 0.6) is 11.5 Å². The van der Waals surface area contributed by atoms with Crippen molar-refractivity contribution in [3.63, 3.8) is 0 Å². The summed E-state index contributed by atoms with van der Waals surface area (Å²) in [6.45, 7) is 5.97. The number of benzene rings is 3. The van der Waals surface area contributed by atoms with Gasteiger partial charge in [-0.2, -0.15) is 0 Å². The van der Waals surface area contributed by atoms with Crippen LogP contribution in [0.15, 0.2) is 96.3 Å². The Balaban J connectivity index is 1.57. The molecule has 1 N–H and O–H groups in total. The third-order valence-electron chi connectivity index (χ3n) is 6.97. The van der Waals surface area contributed by atoms with Crippen LogP contribution in [0.1, 0.15) is 51.9 Å². The van der Waals surface area contributed by atoms with E-state index < -0.39 is 29.5 Å². The Labute approximate surface area is 265 Å². The lowest BCUT2D eigenvalue weighted by Gasteiger charge is -2.25. The molecular weight excluding hydrogens is 592 g/mol. The van der Waals surface area contributed by atoms with Gasteiger partial charge in [0.25, 0.3) is 5.91 Å². The van der Waals surface area contributed by atoms with Crippen molar-refractivity contribution in [1.82, 2.24) is 4.98 Å². The molecule has 9 nitrogen and oxygen atoms in total. The highest BCUT2D eigenvalue weighted by molar-refractivity contribution is 7.17. The van der Waals surface area contributed by atoms with Gasteiger partial charge in [-0.1, -0.05) is 84.1 Å². The van der Waals surface area contributed by atoms with Gasteiger partial charge < -0.3 is 19.3 Å². The van der Waals surface area contributed by atoms with Gasteiger partial charge in [0.2, 0.25) is 0 Å². The maximum atomic E-state index is 13.7. The topological polar surface area (TPSA) is 115 Å². The number of ketones is 1. The average molecular weight is 625 g/mol. The zero-order valence-electron chi connectivity index (χ0n) is 25.1. The fraction of sp³-hybridized carbons (Fsp3) is 0.200. The van der Waals surface area contributed by atoms with Crippen molar-refractivity contribution < 1.29 is 33.7 Å². The highest BCUT2D eigenvalue weighted by atomic mass is 32.1. The Bertz CT molecular complexity index is 1760. The highest BCUT2D eigenvalue weighted by Crippen LogP contribution is 2.45. The molecule has 0 fully saturated rings. The van der Waals surface area contributed by atoms with Crippen LogP contribution in [-0.4, -0.2) is 41.0 Å². The number of hydrogen-bond acceptors (Lipinski definition) is 9. The van der Waals surface area contributed by atoms with E-state index in [1.165, 1.54) is 11.0 Å². The molecule has 0 aliphatic carbocycles. The number of allylic oxidation sites excluding steroid dienone is 1. The number of anilines is 1. The molecule has 0 spiro atoms. The first-order valence-corrected chi connectivity index (χ1v) is 15.3. The molecule has 3 aromatic carbocycles. The molecule has 1 aromatic heterocycles. The van der Waals surface area contributed by atoms with Crippen LogP contribution in [0.3, 0.4) is 0 Å². The lowest BCUT2D eigenvalue weighted by molar-refractivity contribution is -0.117. The Morgan fingerprint density at radius 2 is 1.67 bits per heavy atom. The number of hydrogen-bond donors (Lipinski definition) is 1. The molecule has 2 heterocycles. The summed E-state index contributed by atoms with van der Waals surface area (Å²) in [6.07, 6.45) is 2.94. The number of carbonyl (C=O) groups is 3. The van der Waals surface area contributed by atoms with E-state index in [1.807, 2.05) is 67.6 Å². The van der Waals surface area contributed by atoms with Gasteiger partial charge in [0.15, 0.2) is 28.2 Å². The van der Waals surface area contributed by atoms with E-state index in [1.54, 1.807) is 38.1 Å². The van der Waals surface area contributed by atoms with Gasteiger partial charge in [-0.05, 0) is 55.7 Å². The first kappa shape index (κ1) is 31.2. The molecular formula is C35H32N2O7S. The monoisotopic (exact) mass is 624 g/mol. The summed E-state index contributed by atoms with van der Waals surface area (Å²) in [7, 11) is 0. The molecule has 1 aliphatic heterocycles. The van der Waals surface area contributed by atoms with Crippen molar-refractivity contribution in [3.8, 4) is 11.5 Å². The van der Waals surface area contributed by atoms with Gasteiger partial charge in [-0.3, -0.25) is 14.5 Å². The molecule has 0 saturated heterocycles. The zero-order chi connectivity index (χ0) is 31.9. The largest absolute Gasteiger partial charge is 0.503 e. The molecule has 0 bridgehead atoms. The Morgan fingerprint density at radius 1 is 0.956 bits per heavy atom. The van der Waals surface area contributed by atoms with Gasteiger partial charge in [0.05, 0.1) is 30.5 Å². The van der Waals surface area contributed by atoms with Crippen molar-refractivity contribution in [2.24, 2.45) is 0 Å². The number of amides is 1. The minimum atomic E-state index is -1.08. The molecule has 230 valence electrons. The predicted octanol–water partition coefficient (Wildman–Crippen LogP) is 6.79. The summed E-state index contributed by atoms with van der Waals surface area (Å²) < 4.78 is 17.2. The van der Waals surface area contributed by atoms with Crippen LogP contribution in [0.4, 0.5) is 5.13 Å². The van der Waals surface area contributed by atoms with E-state index >= 15 is 0 Å². The normalized spacial score (nSPS) is 14.7. The van der Waals surface area contributed by atoms with Crippen molar-refractivity contribution >= 4 is 40.2 Å². The third-order valence-corrected chi connectivity index (χ3v) is 8.11. The Hall–Kier alpha value is -5.22. The quantitative estimate of drug-likeness (QED) is 0.135. The number of thiazole rings is 1. The van der Waals surface area contributed by atoms with Crippen molar-refractivity contribution in [2.75, 3.05) is 18.1 Å². The molecule has 45 heavy (non-hydrogen) atoms. The molecule has 4 aromatic rings. The van der Waals surface area contributed by atoms with E-state index in [9.17, 15) is 19.5 Å². The summed E-state index contributed by atoms with van der Waals surface area (Å²) in [5.41, 5.74) is 2.46. The second kappa shape index (κ2) is 14.0. The Morgan fingerprint density at radius 3 is 2.36 bits per heavy atom. The number of ether oxygens (including phenoxy) is 3. The number of aliphatic hydroxyl groups excluding tert-OH is 1. The smallest absolute Gasteiger partial charge is 0.350 e. The Kier molecular flexibility index (Phi) is 9.74. The molecule has 0 saturated carbocycles. The molecule has 1 unspecified atom stereocenters. The number of aromatic nitrogens is 1. The van der Waals surface area contributed by atoms with Crippen molar-refractivity contribution in [2.45, 2.75) is 33.4 Å². The molecule has 10 heteroatoms. The van der Waals surface area contributed by atoms with Gasteiger partial charge >= 0.3 is 5.97 Å². The van der Waals surface area contributed by atoms with Crippen LogP contribution in [0.2, 0.25) is 0 Å². The minimum Gasteiger partial charge on any atom is -0.503 e. The summed E-state index contributed by atoms with van der Waals surface area (Å²) in [4.78, 5) is 45.9. The lowest BCUT2D eigenvalue weighted by Crippen LogP contribution is -2.31. The van der Waals surface area contributed by atoms with Crippen LogP contribution in [-0.2, 0) is 20.9 Å². The van der Waals surface area contributed by atoms with E-state index in [4.69, 9.17) is 14.2 Å². The number of rotatable bonds is 12. The van der Waals surface area contributed by atoms with Crippen molar-refractivity contribution in [3.05, 3.63) is 124 Å². The SMILES string of the molecule is CCOC(=O)c1sc(N2C(=O)C(O)=C(C(=O)C=Cc3ccccc3)C2c2ccc(OCc3ccccc3)c(OCC)c2)nc1C. The number of esters is 1. The van der Waals surface area contributed by atoms with Gasteiger partial charge in [-0.15, -0.1) is 0 Å². The predicted molar refractivity (Wildman–Crippen MR) is 172 cm³/mol. The van der Waals surface area contributed by atoms with Gasteiger partial charge in [0.1, 0.15) is 11.5 Å². The molecule has 1 atom stereocenters. The van der Waals surface area contributed by atoms with Gasteiger partial charge in [0, 0.05) is 0 Å². The summed E-state index contributed by atoms with van der Waals surface area (Å²) >= 11 is 0.953. The number of aryl methyl sites for hydroxylation is 1. The average Bonchev–Trinajstić information content (AvgIpc) is 3.56. The fourth-order valence-electron chi connectivity index (χ4n) is 4.88. The van der Waals surface area contributed by atoms with Crippen LogP contribution in [0, 0.1) is 6.92 Å². The molecule has 1 aliphatic rings. The maximum absolute atomic E-state index is 13.7. The van der Waals surface area contributed by atoms with Crippen LogP contribution in [0.25, 0.3) is 6.08 Å². The summed E-state index contributed by atoms with van der Waals surface area (Å²) in [5.74, 6) is -1.77. The molecule has 1 amide bonds. The van der Waals surface area contributed by atoms with E-state index in [-0.39, 0.29) is 22.2 Å². The van der Waals surface area contributed by atoms with E-state index in [0.717, 1.165) is 22.5 Å². The first-order chi connectivity index (χ1) is 21.8. The molecule has 5 rings (SSSR count). The number of carbonyl (C=O) groups excluding carboxylic acids is 3. The summed E-state index contributed by atoms with van der Waals surface area (Å²) in [6, 6.07) is 22.9. The minimum absolute atomic E-state index is 0.127. The van der Waals surface area contributed by atoms with Crippen LogP contribution >= 0.6 is 11.3 Å². The maximum Gasteiger partial charge on any atom is 0.350 e. The third kappa shape index (κ3) is 6.81. The van der Waals surface area contributed by atoms with Crippen LogP contribution < -0.4 is 14.4 Å². The van der Waals surface area contributed by atoms with E-state index in [0.29, 0.717) is 36.0 Å². The second-order valence-corrected chi connectivity index (χ2v) is 11.0. The fourth-order valence-corrected chi connectivity index (χ4v) is 5.87. The zero-order valence-corrected chi connectivity index (χ0v) is 25.9. The second-order valence-electron chi connectivity index (χ2n) is 9.99. The number of aliphatic hydroxyl groups is 1. The lowest BCUT2D eigenvalue weighted by atomic mass is 9.95. The number of nitrogens with zero attached hydrogens (tertiary/aromatic N) is 2. The van der Waals surface area contributed by atoms with Gasteiger partial charge in [-0.25, -0.2) is 9.78 Å². The standard InChI is InChI=1S/C35H32N2O7S/c1-4-42-28-20-25(17-19-27(28)44-21-24-14-10-7-11-15-24)30-29(26(38)18-16-23-12-8-6-9-13-23)31(39)33(40)37(30)35-36-22(3)32(45-35)34(41)43-5-2/h6-20,30,39H,4-5,21H2,1-3H3.